The van der Waals surface area contributed by atoms with Gasteiger partial charge >= 0.3 is 0 Å². The van der Waals surface area contributed by atoms with E-state index in [0.717, 1.165) is 43.4 Å². The highest BCUT2D eigenvalue weighted by molar-refractivity contribution is 5.90. The van der Waals surface area contributed by atoms with Crippen LogP contribution in [0.1, 0.15) is 51.0 Å². The van der Waals surface area contributed by atoms with E-state index >= 15 is 0 Å². The largest absolute Gasteiger partial charge is 0.326 e. The molecule has 19 heavy (non-hydrogen) atoms. The van der Waals surface area contributed by atoms with Gasteiger partial charge in [0, 0.05) is 12.1 Å². The first-order valence-electron chi connectivity index (χ1n) is 7.02. The molecule has 0 heterocycles. The van der Waals surface area contributed by atoms with E-state index in [1.807, 2.05) is 31.2 Å². The predicted molar refractivity (Wildman–Crippen MR) is 75.7 cm³/mol. The Morgan fingerprint density at radius 1 is 1.32 bits per heavy atom. The molecule has 1 aliphatic carbocycles. The summed E-state index contributed by atoms with van der Waals surface area (Å²) in [6.45, 7) is 1.99. The second kappa shape index (κ2) is 5.88. The third-order valence-corrected chi connectivity index (χ3v) is 3.87. The van der Waals surface area contributed by atoms with Gasteiger partial charge in [0.05, 0.1) is 11.5 Å². The number of amides is 1. The van der Waals surface area contributed by atoms with Crippen molar-refractivity contribution in [1.29, 1.82) is 5.26 Å². The summed E-state index contributed by atoms with van der Waals surface area (Å²) >= 11 is 0. The maximum Gasteiger partial charge on any atom is 0.224 e. The molecule has 0 atom stereocenters. The van der Waals surface area contributed by atoms with Crippen LogP contribution in [0.3, 0.4) is 0 Å². The zero-order valence-corrected chi connectivity index (χ0v) is 11.4. The van der Waals surface area contributed by atoms with E-state index in [1.54, 1.807) is 0 Å². The Hall–Kier alpha value is -1.82. The molecule has 100 valence electrons. The molecule has 3 heteroatoms. The van der Waals surface area contributed by atoms with Crippen LogP contribution in [0.2, 0.25) is 0 Å². The molecule has 0 aromatic heterocycles. The van der Waals surface area contributed by atoms with E-state index in [0.29, 0.717) is 6.42 Å². The molecule has 0 spiro atoms. The number of nitrogens with zero attached hydrogens (tertiary/aromatic N) is 1. The first-order chi connectivity index (χ1) is 9.20. The summed E-state index contributed by atoms with van der Waals surface area (Å²) in [5, 5.41) is 12.3. The van der Waals surface area contributed by atoms with E-state index < -0.39 is 0 Å². The van der Waals surface area contributed by atoms with Crippen molar-refractivity contribution in [1.82, 2.24) is 0 Å². The van der Waals surface area contributed by atoms with E-state index in [-0.39, 0.29) is 11.3 Å². The third kappa shape index (κ3) is 2.96. The maximum absolute atomic E-state index is 11.5. The monoisotopic (exact) mass is 256 g/mol. The van der Waals surface area contributed by atoms with Crippen molar-refractivity contribution in [2.24, 2.45) is 0 Å². The molecule has 1 aromatic carbocycles. The molecule has 2 rings (SSSR count). The summed E-state index contributed by atoms with van der Waals surface area (Å²) in [6, 6.07) is 10.3. The average molecular weight is 256 g/mol. The van der Waals surface area contributed by atoms with Gasteiger partial charge in [-0.15, -0.1) is 0 Å². The highest BCUT2D eigenvalue weighted by atomic mass is 16.1. The lowest BCUT2D eigenvalue weighted by molar-refractivity contribution is -0.116. The van der Waals surface area contributed by atoms with E-state index in [4.69, 9.17) is 0 Å². The van der Waals surface area contributed by atoms with Gasteiger partial charge in [0.1, 0.15) is 0 Å². The van der Waals surface area contributed by atoms with Crippen molar-refractivity contribution in [3.05, 3.63) is 29.8 Å². The van der Waals surface area contributed by atoms with Crippen LogP contribution in [0.25, 0.3) is 0 Å². The predicted octanol–water partition coefficient (Wildman–Crippen LogP) is 3.76. The second-order valence-corrected chi connectivity index (χ2v) is 5.28. The van der Waals surface area contributed by atoms with Gasteiger partial charge < -0.3 is 5.32 Å². The SMILES string of the molecule is CCCC(=O)Nc1ccc(C2(C#N)CCCC2)cc1. The van der Waals surface area contributed by atoms with Crippen LogP contribution in [-0.4, -0.2) is 5.91 Å². The average Bonchev–Trinajstić information content (AvgIpc) is 2.90. The molecule has 0 radical (unpaired) electrons. The summed E-state index contributed by atoms with van der Waals surface area (Å²) in [5.41, 5.74) is 1.60. The Bertz CT molecular complexity index is 478. The summed E-state index contributed by atoms with van der Waals surface area (Å²) in [6.07, 6.45) is 5.55. The van der Waals surface area contributed by atoms with Crippen LogP contribution >= 0.6 is 0 Å². The fourth-order valence-corrected chi connectivity index (χ4v) is 2.77. The minimum absolute atomic E-state index is 0.0473. The molecule has 0 unspecified atom stereocenters. The van der Waals surface area contributed by atoms with Crippen molar-refractivity contribution >= 4 is 11.6 Å². The fraction of sp³-hybridized carbons (Fsp3) is 0.500. The first-order valence-corrected chi connectivity index (χ1v) is 7.02. The molecule has 0 saturated heterocycles. The van der Waals surface area contributed by atoms with Crippen LogP contribution in [0, 0.1) is 11.3 Å². The van der Waals surface area contributed by atoms with Gasteiger partial charge in [-0.1, -0.05) is 31.9 Å². The molecule has 1 fully saturated rings. The number of rotatable bonds is 4. The Labute approximate surface area is 114 Å². The zero-order valence-electron chi connectivity index (χ0n) is 11.4. The maximum atomic E-state index is 11.5. The standard InChI is InChI=1S/C16H20N2O/c1-2-5-15(19)18-14-8-6-13(7-9-14)16(12-17)10-3-4-11-16/h6-9H,2-5,10-11H2,1H3,(H,18,19). The molecule has 1 saturated carbocycles. The Balaban J connectivity index is 2.10. The van der Waals surface area contributed by atoms with Gasteiger partial charge in [0.2, 0.25) is 5.91 Å². The molecule has 0 aliphatic heterocycles. The van der Waals surface area contributed by atoms with E-state index in [1.165, 1.54) is 0 Å². The minimum atomic E-state index is -0.300. The number of anilines is 1. The van der Waals surface area contributed by atoms with Crippen LogP contribution in [0.15, 0.2) is 24.3 Å². The summed E-state index contributed by atoms with van der Waals surface area (Å²) < 4.78 is 0. The summed E-state index contributed by atoms with van der Waals surface area (Å²) in [4.78, 5) is 11.5. The normalized spacial score (nSPS) is 16.8. The number of hydrogen-bond donors (Lipinski definition) is 1. The lowest BCUT2D eigenvalue weighted by atomic mass is 9.80. The molecule has 1 aromatic rings. The number of nitriles is 1. The van der Waals surface area contributed by atoms with Gasteiger partial charge in [0.15, 0.2) is 0 Å². The van der Waals surface area contributed by atoms with Gasteiger partial charge in [0.25, 0.3) is 0 Å². The number of hydrogen-bond acceptors (Lipinski definition) is 2. The zero-order chi connectivity index (χ0) is 13.7. The molecule has 1 N–H and O–H groups in total. The van der Waals surface area contributed by atoms with Crippen LogP contribution in [0.5, 0.6) is 0 Å². The van der Waals surface area contributed by atoms with Crippen LogP contribution < -0.4 is 5.32 Å². The molecular weight excluding hydrogens is 236 g/mol. The van der Waals surface area contributed by atoms with Gasteiger partial charge in [-0.3, -0.25) is 4.79 Å². The Kier molecular flexibility index (Phi) is 4.21. The highest BCUT2D eigenvalue weighted by Gasteiger charge is 2.35. The third-order valence-electron chi connectivity index (χ3n) is 3.87. The van der Waals surface area contributed by atoms with Crippen molar-refractivity contribution in [3.63, 3.8) is 0 Å². The number of nitrogens with one attached hydrogen (secondary N) is 1. The molecule has 1 aliphatic rings. The first kappa shape index (κ1) is 13.6. The second-order valence-electron chi connectivity index (χ2n) is 5.28. The van der Waals surface area contributed by atoms with Crippen molar-refractivity contribution in [2.75, 3.05) is 5.32 Å². The van der Waals surface area contributed by atoms with Crippen LogP contribution in [0.4, 0.5) is 5.69 Å². The topological polar surface area (TPSA) is 52.9 Å². The highest BCUT2D eigenvalue weighted by Crippen LogP contribution is 2.40. The smallest absolute Gasteiger partial charge is 0.224 e. The molecular formula is C16H20N2O. The van der Waals surface area contributed by atoms with Crippen LogP contribution in [-0.2, 0) is 10.2 Å². The van der Waals surface area contributed by atoms with E-state index in [9.17, 15) is 10.1 Å². The van der Waals surface area contributed by atoms with E-state index in [2.05, 4.69) is 11.4 Å². The molecule has 0 bridgehead atoms. The Morgan fingerprint density at radius 2 is 1.95 bits per heavy atom. The molecule has 3 nitrogen and oxygen atoms in total. The van der Waals surface area contributed by atoms with Crippen molar-refractivity contribution < 1.29 is 4.79 Å². The lowest BCUT2D eigenvalue weighted by Gasteiger charge is -2.20. The van der Waals surface area contributed by atoms with Crippen molar-refractivity contribution in [2.45, 2.75) is 50.9 Å². The minimum Gasteiger partial charge on any atom is -0.326 e. The quantitative estimate of drug-likeness (QED) is 0.891. The number of carbonyl (C=O) groups excluding carboxylic acids is 1. The van der Waals surface area contributed by atoms with Gasteiger partial charge in [-0.2, -0.15) is 5.26 Å². The summed E-state index contributed by atoms with van der Waals surface area (Å²) in [5.74, 6) is 0.0473. The number of benzene rings is 1. The summed E-state index contributed by atoms with van der Waals surface area (Å²) in [7, 11) is 0. The molecule has 1 amide bonds. The lowest BCUT2D eigenvalue weighted by Crippen LogP contribution is -2.19. The van der Waals surface area contributed by atoms with Gasteiger partial charge in [-0.25, -0.2) is 0 Å². The number of carbonyl (C=O) groups is 1. The Morgan fingerprint density at radius 3 is 2.47 bits per heavy atom. The van der Waals surface area contributed by atoms with Gasteiger partial charge in [-0.05, 0) is 37.0 Å². The van der Waals surface area contributed by atoms with Crippen molar-refractivity contribution in [3.8, 4) is 6.07 Å². The fourth-order valence-electron chi connectivity index (χ4n) is 2.77.